The Hall–Kier alpha value is -1.86. The van der Waals surface area contributed by atoms with E-state index in [-0.39, 0.29) is 11.7 Å². The van der Waals surface area contributed by atoms with E-state index < -0.39 is 6.10 Å². The van der Waals surface area contributed by atoms with Crippen LogP contribution in [-0.4, -0.2) is 31.8 Å². The lowest BCUT2D eigenvalue weighted by Gasteiger charge is -2.00. The highest BCUT2D eigenvalue weighted by atomic mass is 16.5. The van der Waals surface area contributed by atoms with Gasteiger partial charge in [-0.15, -0.1) is 0 Å². The molecule has 0 aliphatic carbocycles. The molecule has 0 fully saturated rings. The van der Waals surface area contributed by atoms with Crippen molar-refractivity contribution in [1.29, 1.82) is 0 Å². The van der Waals surface area contributed by atoms with Crippen molar-refractivity contribution in [1.82, 2.24) is 20.1 Å². The number of nitrogens with two attached hydrogens (primary N) is 1. The molecule has 0 radical (unpaired) electrons. The second-order valence-corrected chi connectivity index (χ2v) is 3.63. The Kier molecular flexibility index (Phi) is 3.40. The van der Waals surface area contributed by atoms with Crippen molar-refractivity contribution in [3.8, 4) is 11.6 Å². The molecule has 90 valence electrons. The number of aryl methyl sites for hydroxylation is 1. The fourth-order valence-corrected chi connectivity index (χ4v) is 1.25. The Labute approximate surface area is 97.7 Å². The maximum Gasteiger partial charge on any atom is 0.255 e. The van der Waals surface area contributed by atoms with E-state index in [4.69, 9.17) is 10.3 Å². The highest BCUT2D eigenvalue weighted by Gasteiger charge is 2.17. The summed E-state index contributed by atoms with van der Waals surface area (Å²) in [5.41, 5.74) is 6.27. The van der Waals surface area contributed by atoms with Gasteiger partial charge in [0, 0.05) is 12.4 Å². The molecule has 0 saturated carbocycles. The number of aliphatic hydroxyl groups is 1. The Balaban J connectivity index is 2.20. The van der Waals surface area contributed by atoms with Gasteiger partial charge in [-0.1, -0.05) is 5.16 Å². The molecule has 1 atom stereocenters. The Morgan fingerprint density at radius 1 is 1.35 bits per heavy atom. The van der Waals surface area contributed by atoms with Crippen LogP contribution in [0.5, 0.6) is 0 Å². The zero-order valence-corrected chi connectivity index (χ0v) is 9.37. The first-order valence-corrected chi connectivity index (χ1v) is 5.21. The molecule has 17 heavy (non-hydrogen) atoms. The summed E-state index contributed by atoms with van der Waals surface area (Å²) >= 11 is 0. The highest BCUT2D eigenvalue weighted by Crippen LogP contribution is 2.17. The largest absolute Gasteiger partial charge is 0.383 e. The number of nitrogens with zero attached hydrogens (tertiary/aromatic N) is 4. The van der Waals surface area contributed by atoms with Crippen LogP contribution in [0.3, 0.4) is 0 Å². The summed E-state index contributed by atoms with van der Waals surface area (Å²) in [6.45, 7) is 2.23. The summed E-state index contributed by atoms with van der Waals surface area (Å²) in [5, 5.41) is 13.3. The van der Waals surface area contributed by atoms with E-state index in [0.717, 1.165) is 5.56 Å². The second kappa shape index (κ2) is 4.98. The molecule has 0 amide bonds. The summed E-state index contributed by atoms with van der Waals surface area (Å²) in [4.78, 5) is 12.1. The number of rotatable bonds is 4. The van der Waals surface area contributed by atoms with Crippen molar-refractivity contribution in [3.05, 3.63) is 23.8 Å². The Morgan fingerprint density at radius 2 is 2.06 bits per heavy atom. The fraction of sp³-hybridized carbons (Fsp3) is 0.400. The van der Waals surface area contributed by atoms with Gasteiger partial charge in [0.15, 0.2) is 0 Å². The minimum Gasteiger partial charge on any atom is -0.383 e. The second-order valence-electron chi connectivity index (χ2n) is 3.63. The van der Waals surface area contributed by atoms with Crippen molar-refractivity contribution in [3.63, 3.8) is 0 Å². The molecular weight excluding hydrogens is 222 g/mol. The first-order chi connectivity index (χ1) is 8.20. The molecule has 0 aliphatic heterocycles. The van der Waals surface area contributed by atoms with E-state index in [1.54, 1.807) is 12.4 Å². The van der Waals surface area contributed by atoms with Crippen LogP contribution in [0.2, 0.25) is 0 Å². The molecule has 3 N–H and O–H groups in total. The van der Waals surface area contributed by atoms with Gasteiger partial charge in [-0.2, -0.15) is 4.98 Å². The molecule has 0 aliphatic rings. The monoisotopic (exact) mass is 235 g/mol. The molecule has 2 aromatic rings. The summed E-state index contributed by atoms with van der Waals surface area (Å²) < 4.78 is 4.92. The van der Waals surface area contributed by atoms with E-state index in [1.807, 2.05) is 6.92 Å². The summed E-state index contributed by atoms with van der Waals surface area (Å²) in [5.74, 6) is 0.760. The van der Waals surface area contributed by atoms with Crippen molar-refractivity contribution in [2.24, 2.45) is 5.73 Å². The number of aromatic nitrogens is 4. The first kappa shape index (κ1) is 11.6. The third kappa shape index (κ3) is 2.63. The van der Waals surface area contributed by atoms with E-state index in [9.17, 15) is 5.11 Å². The molecule has 7 heteroatoms. The molecule has 0 bridgehead atoms. The molecular formula is C10H13N5O2. The van der Waals surface area contributed by atoms with Crippen molar-refractivity contribution < 1.29 is 9.63 Å². The zero-order chi connectivity index (χ0) is 12.3. The van der Waals surface area contributed by atoms with Gasteiger partial charge in [0.25, 0.3) is 5.89 Å². The molecule has 2 rings (SSSR count). The Morgan fingerprint density at radius 3 is 2.71 bits per heavy atom. The van der Waals surface area contributed by atoms with Crippen LogP contribution < -0.4 is 5.73 Å². The van der Waals surface area contributed by atoms with Gasteiger partial charge < -0.3 is 15.4 Å². The van der Waals surface area contributed by atoms with E-state index >= 15 is 0 Å². The van der Waals surface area contributed by atoms with Crippen LogP contribution in [0.25, 0.3) is 11.6 Å². The van der Waals surface area contributed by atoms with Crippen LogP contribution >= 0.6 is 0 Å². The van der Waals surface area contributed by atoms with E-state index in [2.05, 4.69) is 20.1 Å². The lowest BCUT2D eigenvalue weighted by atomic mass is 10.2. The predicted molar refractivity (Wildman–Crippen MR) is 58.7 cm³/mol. The van der Waals surface area contributed by atoms with E-state index in [1.165, 1.54) is 0 Å². The lowest BCUT2D eigenvalue weighted by molar-refractivity contribution is 0.127. The maximum absolute atomic E-state index is 9.61. The van der Waals surface area contributed by atoms with Crippen LogP contribution in [-0.2, 0) is 0 Å². The molecule has 0 aromatic carbocycles. The van der Waals surface area contributed by atoms with Gasteiger partial charge in [0.1, 0.15) is 6.10 Å². The van der Waals surface area contributed by atoms with Crippen molar-refractivity contribution >= 4 is 0 Å². The van der Waals surface area contributed by atoms with Gasteiger partial charge >= 0.3 is 0 Å². The quantitative estimate of drug-likeness (QED) is 0.779. The zero-order valence-electron chi connectivity index (χ0n) is 9.37. The average molecular weight is 235 g/mol. The molecule has 2 heterocycles. The Bertz CT molecular complexity index is 482. The van der Waals surface area contributed by atoms with Crippen LogP contribution in [0.4, 0.5) is 0 Å². The van der Waals surface area contributed by atoms with Gasteiger partial charge in [-0.3, -0.25) is 0 Å². The summed E-state index contributed by atoms with van der Waals surface area (Å²) in [6.07, 6.45) is 2.85. The van der Waals surface area contributed by atoms with Gasteiger partial charge in [-0.05, 0) is 25.5 Å². The smallest absolute Gasteiger partial charge is 0.255 e. The topological polar surface area (TPSA) is 111 Å². The molecule has 0 saturated heterocycles. The summed E-state index contributed by atoms with van der Waals surface area (Å²) in [6, 6.07) is 0. The van der Waals surface area contributed by atoms with Crippen LogP contribution in [0, 0.1) is 6.92 Å². The van der Waals surface area contributed by atoms with Gasteiger partial charge in [0.2, 0.25) is 11.6 Å². The maximum atomic E-state index is 9.61. The SMILES string of the molecule is Cc1cnc(-c2noc([C@@H](O)CCN)n2)nc1. The summed E-state index contributed by atoms with van der Waals surface area (Å²) in [7, 11) is 0. The van der Waals surface area contributed by atoms with Gasteiger partial charge in [0.05, 0.1) is 0 Å². The highest BCUT2D eigenvalue weighted by molar-refractivity contribution is 5.40. The third-order valence-electron chi connectivity index (χ3n) is 2.15. The van der Waals surface area contributed by atoms with Crippen molar-refractivity contribution in [2.75, 3.05) is 6.54 Å². The van der Waals surface area contributed by atoms with Crippen molar-refractivity contribution in [2.45, 2.75) is 19.4 Å². The normalized spacial score (nSPS) is 12.6. The minimum atomic E-state index is -0.841. The number of hydrogen-bond donors (Lipinski definition) is 2. The van der Waals surface area contributed by atoms with Gasteiger partial charge in [-0.25, -0.2) is 9.97 Å². The standard InChI is InChI=1S/C10H13N5O2/c1-6-4-12-8(13-5-6)9-14-10(17-15-9)7(16)2-3-11/h4-5,7,16H,2-3,11H2,1H3/t7-/m0/s1. The van der Waals surface area contributed by atoms with E-state index in [0.29, 0.717) is 18.8 Å². The number of aliphatic hydroxyl groups excluding tert-OH is 1. The molecule has 2 aromatic heterocycles. The first-order valence-electron chi connectivity index (χ1n) is 5.21. The minimum absolute atomic E-state index is 0.134. The third-order valence-corrected chi connectivity index (χ3v) is 2.15. The van der Waals surface area contributed by atoms with Crippen LogP contribution in [0.15, 0.2) is 16.9 Å². The fourth-order valence-electron chi connectivity index (χ4n) is 1.25. The molecule has 7 nitrogen and oxygen atoms in total. The lowest BCUT2D eigenvalue weighted by Crippen LogP contribution is -2.06. The number of hydrogen-bond acceptors (Lipinski definition) is 7. The van der Waals surface area contributed by atoms with Crippen LogP contribution in [0.1, 0.15) is 24.0 Å². The molecule has 0 spiro atoms. The molecule has 0 unspecified atom stereocenters. The predicted octanol–water partition coefficient (Wildman–Crippen LogP) is 0.217. The average Bonchev–Trinajstić information content (AvgIpc) is 2.80.